The molecule has 3 atom stereocenters. The average Bonchev–Trinajstić information content (AvgIpc) is 3.62. The molecule has 1 aliphatic heterocycles. The molecule has 1 aliphatic rings. The zero-order valence-electron chi connectivity index (χ0n) is 19.3. The Bertz CT molecular complexity index is 1370. The van der Waals surface area contributed by atoms with E-state index in [2.05, 4.69) is 15.3 Å². The zero-order chi connectivity index (χ0) is 24.4. The minimum absolute atomic E-state index is 0.254. The molecule has 2 amide bonds. The van der Waals surface area contributed by atoms with Gasteiger partial charge in [0.15, 0.2) is 0 Å². The van der Waals surface area contributed by atoms with Crippen LogP contribution in [0.25, 0.3) is 21.8 Å². The van der Waals surface area contributed by atoms with Gasteiger partial charge in [0.25, 0.3) is 0 Å². The molecule has 0 aliphatic carbocycles. The second-order valence-corrected chi connectivity index (χ2v) is 9.10. The first kappa shape index (κ1) is 22.9. The number of amides is 2. The van der Waals surface area contributed by atoms with Crippen LogP contribution in [-0.2, 0) is 27.2 Å². The Labute approximate surface area is 202 Å². The van der Waals surface area contributed by atoms with Crippen molar-refractivity contribution in [3.63, 3.8) is 0 Å². The fourth-order valence-electron chi connectivity index (χ4n) is 5.05. The van der Waals surface area contributed by atoms with E-state index in [0.29, 0.717) is 32.2 Å². The number of hydrogen-bond donors (Lipinski definition) is 4. The molecular formula is C27H28N5O3. The lowest BCUT2D eigenvalue weighted by atomic mass is 10.0. The van der Waals surface area contributed by atoms with Crippen molar-refractivity contribution >= 4 is 39.9 Å². The van der Waals surface area contributed by atoms with Gasteiger partial charge in [-0.25, -0.2) is 0 Å². The number of likely N-dealkylation sites (tertiary alicyclic amines) is 1. The molecule has 1 saturated heterocycles. The van der Waals surface area contributed by atoms with Gasteiger partial charge in [0.1, 0.15) is 6.04 Å². The lowest BCUT2D eigenvalue weighted by Crippen LogP contribution is -2.53. The summed E-state index contributed by atoms with van der Waals surface area (Å²) < 4.78 is 0. The number of para-hydroxylation sites is 2. The zero-order valence-corrected chi connectivity index (χ0v) is 19.3. The molecule has 0 spiro atoms. The number of aromatic nitrogens is 2. The van der Waals surface area contributed by atoms with Crippen LogP contribution >= 0.6 is 0 Å². The van der Waals surface area contributed by atoms with Gasteiger partial charge in [-0.3, -0.25) is 14.4 Å². The van der Waals surface area contributed by atoms with Crippen molar-refractivity contribution in [1.29, 1.82) is 0 Å². The molecule has 0 unspecified atom stereocenters. The molecule has 2 aromatic carbocycles. The minimum atomic E-state index is -0.806. The van der Waals surface area contributed by atoms with Gasteiger partial charge in [-0.05, 0) is 42.5 Å². The van der Waals surface area contributed by atoms with Gasteiger partial charge in [0, 0.05) is 47.2 Å². The number of benzene rings is 2. The van der Waals surface area contributed by atoms with Gasteiger partial charge < -0.3 is 25.9 Å². The number of carbonyl (C=O) groups excluding carboxylic acids is 3. The molecule has 4 aromatic rings. The van der Waals surface area contributed by atoms with Crippen molar-refractivity contribution in [3.8, 4) is 0 Å². The normalized spacial score (nSPS) is 17.5. The number of nitrogens with one attached hydrogen (secondary N) is 3. The molecule has 1 radical (unpaired) electrons. The minimum Gasteiger partial charge on any atom is -0.361 e. The SMILES string of the molecule is N[C@@H](Cc1c[nH]c2ccccc12)C(=O)N1CCC[C@H]1C(=O)N[C@H]([C]=O)Cc1c[nH]c2ccccc12. The predicted molar refractivity (Wildman–Crippen MR) is 134 cm³/mol. The van der Waals surface area contributed by atoms with Crippen molar-refractivity contribution in [3.05, 3.63) is 72.1 Å². The molecule has 2 aromatic heterocycles. The van der Waals surface area contributed by atoms with Crippen molar-refractivity contribution in [2.45, 2.75) is 43.8 Å². The highest BCUT2D eigenvalue weighted by atomic mass is 16.2. The maximum atomic E-state index is 13.2. The van der Waals surface area contributed by atoms with Crippen molar-refractivity contribution < 1.29 is 14.4 Å². The number of fused-ring (bicyclic) bond motifs is 2. The second-order valence-electron chi connectivity index (χ2n) is 9.10. The summed E-state index contributed by atoms with van der Waals surface area (Å²) in [5, 5.41) is 4.83. The van der Waals surface area contributed by atoms with E-state index in [0.717, 1.165) is 32.9 Å². The van der Waals surface area contributed by atoms with Crippen LogP contribution < -0.4 is 11.1 Å². The lowest BCUT2D eigenvalue weighted by molar-refractivity contribution is -0.139. The summed E-state index contributed by atoms with van der Waals surface area (Å²) in [6.07, 6.45) is 7.61. The van der Waals surface area contributed by atoms with Gasteiger partial charge in [-0.2, -0.15) is 0 Å². The first-order chi connectivity index (χ1) is 17.0. The quantitative estimate of drug-likeness (QED) is 0.316. The Morgan fingerprint density at radius 2 is 1.60 bits per heavy atom. The third kappa shape index (κ3) is 4.57. The first-order valence-electron chi connectivity index (χ1n) is 11.9. The van der Waals surface area contributed by atoms with Crippen LogP contribution in [0.5, 0.6) is 0 Å². The maximum Gasteiger partial charge on any atom is 0.243 e. The molecular weight excluding hydrogens is 442 g/mol. The fourth-order valence-corrected chi connectivity index (χ4v) is 5.05. The molecule has 8 nitrogen and oxygen atoms in total. The largest absolute Gasteiger partial charge is 0.361 e. The van der Waals surface area contributed by atoms with E-state index in [9.17, 15) is 14.4 Å². The molecule has 0 bridgehead atoms. The summed E-state index contributed by atoms with van der Waals surface area (Å²) in [6, 6.07) is 13.4. The van der Waals surface area contributed by atoms with E-state index < -0.39 is 18.1 Å². The Morgan fingerprint density at radius 3 is 2.23 bits per heavy atom. The fraction of sp³-hybridized carbons (Fsp3) is 0.296. The van der Waals surface area contributed by atoms with E-state index in [1.807, 2.05) is 67.2 Å². The van der Waals surface area contributed by atoms with Crippen molar-refractivity contribution in [2.75, 3.05) is 6.54 Å². The summed E-state index contributed by atoms with van der Waals surface area (Å²) in [5.74, 6) is -0.598. The number of carbonyl (C=O) groups is 2. The van der Waals surface area contributed by atoms with Gasteiger partial charge in [-0.15, -0.1) is 0 Å². The van der Waals surface area contributed by atoms with E-state index >= 15 is 0 Å². The van der Waals surface area contributed by atoms with Crippen molar-refractivity contribution in [2.24, 2.45) is 5.73 Å². The molecule has 0 saturated carbocycles. The topological polar surface area (TPSA) is 124 Å². The van der Waals surface area contributed by atoms with Crippen LogP contribution in [0.3, 0.4) is 0 Å². The number of nitrogens with zero attached hydrogens (tertiary/aromatic N) is 1. The highest BCUT2D eigenvalue weighted by Gasteiger charge is 2.37. The number of rotatable bonds is 8. The van der Waals surface area contributed by atoms with Crippen LogP contribution in [0.4, 0.5) is 0 Å². The molecule has 5 N–H and O–H groups in total. The number of H-pyrrole nitrogens is 2. The third-order valence-corrected chi connectivity index (χ3v) is 6.83. The lowest BCUT2D eigenvalue weighted by Gasteiger charge is -2.27. The van der Waals surface area contributed by atoms with Gasteiger partial charge in [0.05, 0.1) is 12.1 Å². The van der Waals surface area contributed by atoms with Gasteiger partial charge in [-0.1, -0.05) is 36.4 Å². The summed E-state index contributed by atoms with van der Waals surface area (Å²) >= 11 is 0. The molecule has 5 rings (SSSR count). The molecule has 8 heteroatoms. The summed E-state index contributed by atoms with van der Waals surface area (Å²) in [7, 11) is 0. The third-order valence-electron chi connectivity index (χ3n) is 6.83. The van der Waals surface area contributed by atoms with Crippen LogP contribution in [0, 0.1) is 0 Å². The van der Waals surface area contributed by atoms with Crippen LogP contribution in [-0.4, -0.2) is 57.6 Å². The molecule has 179 valence electrons. The standard InChI is InChI=1S/C27H28N5O3/c28-22(13-18-15-30-24-9-4-2-7-21(18)24)27(35)32-11-5-10-25(32)26(34)31-19(16-33)12-17-14-29-23-8-3-1-6-20(17)23/h1-4,6-9,14-15,19,22,25,29-30H,5,10-13,28H2,(H,31,34)/t19-,22-,25-/m0/s1. The Morgan fingerprint density at radius 1 is 1.00 bits per heavy atom. The second kappa shape index (κ2) is 9.76. The number of hydrogen-bond acceptors (Lipinski definition) is 4. The maximum absolute atomic E-state index is 13.2. The molecule has 1 fully saturated rings. The van der Waals surface area contributed by atoms with Gasteiger partial charge >= 0.3 is 0 Å². The van der Waals surface area contributed by atoms with E-state index in [4.69, 9.17) is 5.73 Å². The predicted octanol–water partition coefficient (Wildman–Crippen LogP) is 2.35. The Balaban J connectivity index is 1.24. The summed E-state index contributed by atoms with van der Waals surface area (Å²) in [6.45, 7) is 0.469. The van der Waals surface area contributed by atoms with E-state index in [1.54, 1.807) is 4.90 Å². The average molecular weight is 471 g/mol. The Kier molecular flexibility index (Phi) is 6.37. The van der Waals surface area contributed by atoms with Gasteiger partial charge in [0.2, 0.25) is 18.1 Å². The Hall–Kier alpha value is -3.91. The monoisotopic (exact) mass is 470 g/mol. The van der Waals surface area contributed by atoms with E-state index in [-0.39, 0.29) is 11.8 Å². The molecule has 3 heterocycles. The van der Waals surface area contributed by atoms with Crippen molar-refractivity contribution in [1.82, 2.24) is 20.2 Å². The van der Waals surface area contributed by atoms with Crippen LogP contribution in [0.2, 0.25) is 0 Å². The smallest absolute Gasteiger partial charge is 0.243 e. The van der Waals surface area contributed by atoms with Crippen LogP contribution in [0.15, 0.2) is 60.9 Å². The summed E-state index contributed by atoms with van der Waals surface area (Å²) in [5.41, 5.74) is 10.2. The number of nitrogens with two attached hydrogens (primary N) is 1. The van der Waals surface area contributed by atoms with E-state index in [1.165, 1.54) is 0 Å². The highest BCUT2D eigenvalue weighted by molar-refractivity contribution is 5.92. The first-order valence-corrected chi connectivity index (χ1v) is 11.9. The summed E-state index contributed by atoms with van der Waals surface area (Å²) in [4.78, 5) is 45.9. The molecule has 35 heavy (non-hydrogen) atoms. The number of aromatic amines is 2. The highest BCUT2D eigenvalue weighted by Crippen LogP contribution is 2.23. The van der Waals surface area contributed by atoms with Crippen LogP contribution in [0.1, 0.15) is 24.0 Å².